The molecule has 3 N–H and O–H groups in total. The van der Waals surface area contributed by atoms with Gasteiger partial charge >= 0.3 is 5.97 Å². The second-order valence-corrected chi connectivity index (χ2v) is 4.48. The number of carbonyl (C=O) groups is 1. The van der Waals surface area contributed by atoms with Crippen LogP contribution in [0.4, 0.5) is 5.82 Å². The molecule has 0 amide bonds. The summed E-state index contributed by atoms with van der Waals surface area (Å²) in [5, 5.41) is 0. The molecule has 1 heterocycles. The maximum atomic E-state index is 11.5. The lowest BCUT2D eigenvalue weighted by atomic mass is 9.92. The summed E-state index contributed by atoms with van der Waals surface area (Å²) in [6.45, 7) is 8.27. The van der Waals surface area contributed by atoms with Crippen LogP contribution in [0, 0.1) is 0 Å². The topological polar surface area (TPSA) is 68.1 Å². The van der Waals surface area contributed by atoms with Crippen molar-refractivity contribution in [3.8, 4) is 0 Å². The van der Waals surface area contributed by atoms with Gasteiger partial charge in [-0.3, -0.25) is 0 Å². The highest BCUT2D eigenvalue weighted by atomic mass is 16.5. The van der Waals surface area contributed by atoms with Gasteiger partial charge in [-0.1, -0.05) is 20.8 Å². The van der Waals surface area contributed by atoms with Crippen LogP contribution in [0.25, 0.3) is 0 Å². The van der Waals surface area contributed by atoms with E-state index in [1.54, 1.807) is 13.0 Å². The molecule has 15 heavy (non-hydrogen) atoms. The van der Waals surface area contributed by atoms with Crippen LogP contribution in [0.1, 0.15) is 43.7 Å². The number of aromatic amines is 1. The van der Waals surface area contributed by atoms with Gasteiger partial charge in [0.2, 0.25) is 0 Å². The van der Waals surface area contributed by atoms with Gasteiger partial charge in [0.25, 0.3) is 0 Å². The van der Waals surface area contributed by atoms with Crippen molar-refractivity contribution in [2.24, 2.45) is 0 Å². The quantitative estimate of drug-likeness (QED) is 0.734. The van der Waals surface area contributed by atoms with E-state index in [-0.39, 0.29) is 11.4 Å². The summed E-state index contributed by atoms with van der Waals surface area (Å²) in [5.41, 5.74) is 7.01. The predicted molar refractivity (Wildman–Crippen MR) is 59.9 cm³/mol. The molecule has 4 heteroatoms. The van der Waals surface area contributed by atoms with Gasteiger partial charge in [-0.2, -0.15) is 0 Å². The first-order valence-electron chi connectivity index (χ1n) is 5.02. The Hall–Kier alpha value is -1.45. The van der Waals surface area contributed by atoms with Crippen molar-refractivity contribution >= 4 is 11.8 Å². The van der Waals surface area contributed by atoms with Crippen molar-refractivity contribution in [3.05, 3.63) is 17.3 Å². The molecule has 0 unspecified atom stereocenters. The minimum atomic E-state index is -0.373. The number of rotatable bonds is 2. The Kier molecular flexibility index (Phi) is 3.07. The number of ether oxygens (including phenoxy) is 1. The fourth-order valence-electron chi connectivity index (χ4n) is 1.25. The number of hydrogen-bond acceptors (Lipinski definition) is 3. The lowest BCUT2D eigenvalue weighted by Gasteiger charge is -2.15. The summed E-state index contributed by atoms with van der Waals surface area (Å²) in [6.07, 6.45) is 0. The highest BCUT2D eigenvalue weighted by molar-refractivity contribution is 5.94. The lowest BCUT2D eigenvalue weighted by Crippen LogP contribution is -2.11. The monoisotopic (exact) mass is 210 g/mol. The number of hydrogen-bond donors (Lipinski definition) is 2. The summed E-state index contributed by atoms with van der Waals surface area (Å²) < 4.78 is 4.90. The highest BCUT2D eigenvalue weighted by Gasteiger charge is 2.21. The number of esters is 1. The minimum Gasteiger partial charge on any atom is -0.462 e. The van der Waals surface area contributed by atoms with Crippen molar-refractivity contribution in [2.75, 3.05) is 12.3 Å². The van der Waals surface area contributed by atoms with Gasteiger partial charge in [0.05, 0.1) is 6.61 Å². The molecule has 0 aliphatic rings. The number of nitrogens with one attached hydrogen (secondary N) is 1. The molecular formula is C11H18N2O2. The van der Waals surface area contributed by atoms with Crippen LogP contribution in [-0.4, -0.2) is 17.6 Å². The zero-order valence-electron chi connectivity index (χ0n) is 9.68. The molecule has 1 rings (SSSR count). The van der Waals surface area contributed by atoms with Crippen LogP contribution >= 0.6 is 0 Å². The first-order chi connectivity index (χ1) is 6.86. The first kappa shape index (κ1) is 11.6. The second kappa shape index (κ2) is 3.96. The van der Waals surface area contributed by atoms with Crippen LogP contribution in [0.5, 0.6) is 0 Å². The van der Waals surface area contributed by atoms with Crippen LogP contribution in [0.2, 0.25) is 0 Å². The SMILES string of the molecule is CCOC(=O)c1cc(C(C)(C)C)[nH]c1N. The molecule has 0 aliphatic heterocycles. The summed E-state index contributed by atoms with van der Waals surface area (Å²) in [4.78, 5) is 14.5. The summed E-state index contributed by atoms with van der Waals surface area (Å²) in [6, 6.07) is 1.76. The zero-order valence-corrected chi connectivity index (χ0v) is 9.68. The molecule has 0 bridgehead atoms. The van der Waals surface area contributed by atoms with E-state index in [4.69, 9.17) is 10.5 Å². The molecule has 0 spiro atoms. The van der Waals surface area contributed by atoms with Crippen molar-refractivity contribution in [3.63, 3.8) is 0 Å². The number of anilines is 1. The van der Waals surface area contributed by atoms with Crippen LogP contribution in [0.15, 0.2) is 6.07 Å². The average molecular weight is 210 g/mol. The van der Waals surface area contributed by atoms with Gasteiger partial charge in [-0.05, 0) is 13.0 Å². The van der Waals surface area contributed by atoms with Crippen LogP contribution < -0.4 is 5.73 Å². The molecule has 0 saturated heterocycles. The Balaban J connectivity index is 3.02. The third-order valence-corrected chi connectivity index (χ3v) is 2.15. The maximum Gasteiger partial charge on any atom is 0.341 e. The van der Waals surface area contributed by atoms with Crippen LogP contribution in [0.3, 0.4) is 0 Å². The minimum absolute atomic E-state index is 0.0567. The summed E-state index contributed by atoms with van der Waals surface area (Å²) in [5.74, 6) is 0.000116. The van der Waals surface area contributed by atoms with E-state index in [9.17, 15) is 4.79 Å². The molecule has 0 atom stereocenters. The maximum absolute atomic E-state index is 11.5. The van der Waals surface area contributed by atoms with Gasteiger partial charge in [0.15, 0.2) is 0 Å². The average Bonchev–Trinajstić information content (AvgIpc) is 2.47. The number of nitrogen functional groups attached to an aromatic ring is 1. The fourth-order valence-corrected chi connectivity index (χ4v) is 1.25. The van der Waals surface area contributed by atoms with Crippen molar-refractivity contribution in [1.29, 1.82) is 0 Å². The Morgan fingerprint density at radius 3 is 2.53 bits per heavy atom. The van der Waals surface area contributed by atoms with E-state index in [2.05, 4.69) is 4.98 Å². The van der Waals surface area contributed by atoms with Gasteiger partial charge in [-0.25, -0.2) is 4.79 Å². The Morgan fingerprint density at radius 1 is 1.53 bits per heavy atom. The Bertz CT molecular complexity index is 361. The summed E-state index contributed by atoms with van der Waals surface area (Å²) >= 11 is 0. The second-order valence-electron chi connectivity index (χ2n) is 4.48. The Labute approximate surface area is 89.8 Å². The smallest absolute Gasteiger partial charge is 0.341 e. The van der Waals surface area contributed by atoms with Gasteiger partial charge in [-0.15, -0.1) is 0 Å². The van der Waals surface area contributed by atoms with E-state index in [0.29, 0.717) is 18.0 Å². The van der Waals surface area contributed by atoms with Crippen molar-refractivity contribution in [1.82, 2.24) is 4.98 Å². The van der Waals surface area contributed by atoms with Gasteiger partial charge < -0.3 is 15.5 Å². The molecule has 0 fully saturated rings. The van der Waals surface area contributed by atoms with E-state index in [1.807, 2.05) is 20.8 Å². The molecule has 1 aromatic rings. The number of carbonyl (C=O) groups excluding carboxylic acids is 1. The molecule has 84 valence electrons. The molecule has 0 aliphatic carbocycles. The number of nitrogens with two attached hydrogens (primary N) is 1. The normalized spacial score (nSPS) is 11.5. The largest absolute Gasteiger partial charge is 0.462 e. The van der Waals surface area contributed by atoms with Crippen molar-refractivity contribution in [2.45, 2.75) is 33.1 Å². The van der Waals surface area contributed by atoms with E-state index in [1.165, 1.54) is 0 Å². The molecule has 0 radical (unpaired) electrons. The third-order valence-electron chi connectivity index (χ3n) is 2.15. The van der Waals surface area contributed by atoms with Gasteiger partial charge in [0.1, 0.15) is 11.4 Å². The van der Waals surface area contributed by atoms with Crippen molar-refractivity contribution < 1.29 is 9.53 Å². The summed E-state index contributed by atoms with van der Waals surface area (Å²) in [7, 11) is 0. The first-order valence-corrected chi connectivity index (χ1v) is 5.02. The standard InChI is InChI=1S/C11H18N2O2/c1-5-15-10(14)7-6-8(11(2,3)4)13-9(7)12/h6,13H,5,12H2,1-4H3. The Morgan fingerprint density at radius 2 is 2.13 bits per heavy atom. The fraction of sp³-hybridized carbons (Fsp3) is 0.545. The number of aromatic nitrogens is 1. The van der Waals surface area contributed by atoms with Crippen LogP contribution in [-0.2, 0) is 10.2 Å². The molecule has 0 saturated carbocycles. The van der Waals surface area contributed by atoms with Gasteiger partial charge in [0, 0.05) is 11.1 Å². The molecule has 4 nitrogen and oxygen atoms in total. The molecule has 1 aromatic heterocycles. The molecular weight excluding hydrogens is 192 g/mol. The lowest BCUT2D eigenvalue weighted by molar-refractivity contribution is 0.0528. The highest BCUT2D eigenvalue weighted by Crippen LogP contribution is 2.25. The number of H-pyrrole nitrogens is 1. The predicted octanol–water partition coefficient (Wildman–Crippen LogP) is 2.07. The third kappa shape index (κ3) is 2.52. The van der Waals surface area contributed by atoms with E-state index in [0.717, 1.165) is 5.69 Å². The molecule has 0 aromatic carbocycles. The zero-order chi connectivity index (χ0) is 11.6. The van der Waals surface area contributed by atoms with E-state index >= 15 is 0 Å². The van der Waals surface area contributed by atoms with E-state index < -0.39 is 0 Å².